The topological polar surface area (TPSA) is 70.7 Å². The Balaban J connectivity index is 1.46. The van der Waals surface area contributed by atoms with E-state index in [1.165, 1.54) is 0 Å². The second-order valence-electron chi connectivity index (χ2n) is 6.96. The van der Waals surface area contributed by atoms with Crippen LogP contribution in [0.25, 0.3) is 11.3 Å². The Morgan fingerprint density at radius 2 is 1.80 bits per heavy atom. The molecule has 2 heterocycles. The minimum atomic E-state index is -0.0694. The maximum atomic E-state index is 13.0. The lowest BCUT2D eigenvalue weighted by atomic mass is 10.1. The van der Waals surface area contributed by atoms with Crippen molar-refractivity contribution < 1.29 is 14.3 Å². The van der Waals surface area contributed by atoms with E-state index in [4.69, 9.17) is 21.1 Å². The van der Waals surface area contributed by atoms with E-state index >= 15 is 0 Å². The van der Waals surface area contributed by atoms with Gasteiger partial charge in [0.25, 0.3) is 5.91 Å². The van der Waals surface area contributed by atoms with Crippen LogP contribution in [0.3, 0.4) is 0 Å². The third kappa shape index (κ3) is 3.93. The zero-order chi connectivity index (χ0) is 21.1. The van der Waals surface area contributed by atoms with Crippen molar-refractivity contribution in [2.24, 2.45) is 0 Å². The number of amides is 1. The summed E-state index contributed by atoms with van der Waals surface area (Å²) < 4.78 is 10.7. The summed E-state index contributed by atoms with van der Waals surface area (Å²) in [6.45, 7) is 2.68. The van der Waals surface area contributed by atoms with Crippen LogP contribution in [-0.2, 0) is 0 Å². The molecule has 1 amide bonds. The van der Waals surface area contributed by atoms with Gasteiger partial charge in [0.05, 0.1) is 30.6 Å². The first kappa shape index (κ1) is 20.1. The lowest BCUT2D eigenvalue weighted by molar-refractivity contribution is 0.0741. The number of aromatic nitrogens is 2. The smallest absolute Gasteiger partial charge is 0.272 e. The minimum Gasteiger partial charge on any atom is -0.497 e. The number of hydrogen-bond acceptors (Lipinski definition) is 5. The van der Waals surface area contributed by atoms with E-state index in [0.29, 0.717) is 36.0 Å². The van der Waals surface area contributed by atoms with Gasteiger partial charge in [-0.2, -0.15) is 5.10 Å². The van der Waals surface area contributed by atoms with Crippen molar-refractivity contribution in [3.63, 3.8) is 0 Å². The highest BCUT2D eigenvalue weighted by atomic mass is 35.5. The predicted molar refractivity (Wildman–Crippen MR) is 117 cm³/mol. The summed E-state index contributed by atoms with van der Waals surface area (Å²) in [5, 5.41) is 7.92. The molecule has 2 aromatic carbocycles. The van der Waals surface area contributed by atoms with Gasteiger partial charge in [-0.15, -0.1) is 0 Å². The van der Waals surface area contributed by atoms with E-state index in [1.54, 1.807) is 26.4 Å². The van der Waals surface area contributed by atoms with Gasteiger partial charge in [-0.25, -0.2) is 0 Å². The van der Waals surface area contributed by atoms with Crippen LogP contribution >= 0.6 is 11.6 Å². The van der Waals surface area contributed by atoms with Crippen LogP contribution in [0.4, 0.5) is 5.69 Å². The number of nitrogens with zero attached hydrogens (tertiary/aromatic N) is 3. The highest BCUT2D eigenvalue weighted by Gasteiger charge is 2.25. The van der Waals surface area contributed by atoms with Crippen molar-refractivity contribution in [2.45, 2.75) is 0 Å². The Kier molecular flexibility index (Phi) is 5.81. The van der Waals surface area contributed by atoms with Crippen molar-refractivity contribution in [2.75, 3.05) is 45.3 Å². The summed E-state index contributed by atoms with van der Waals surface area (Å²) in [4.78, 5) is 17.0. The molecule has 7 nitrogen and oxygen atoms in total. The third-order valence-corrected chi connectivity index (χ3v) is 5.57. The van der Waals surface area contributed by atoms with E-state index in [2.05, 4.69) is 15.1 Å². The molecule has 0 saturated carbocycles. The minimum absolute atomic E-state index is 0.0694. The molecule has 1 aliphatic heterocycles. The number of aromatic amines is 1. The number of halogens is 1. The summed E-state index contributed by atoms with van der Waals surface area (Å²) >= 11 is 6.30. The van der Waals surface area contributed by atoms with E-state index in [1.807, 2.05) is 41.3 Å². The average Bonchev–Trinajstić information content (AvgIpc) is 3.28. The highest BCUT2D eigenvalue weighted by molar-refractivity contribution is 6.33. The fraction of sp³-hybridized carbons (Fsp3) is 0.273. The maximum Gasteiger partial charge on any atom is 0.272 e. The first-order valence-corrected chi connectivity index (χ1v) is 10.0. The Bertz CT molecular complexity index is 1040. The summed E-state index contributed by atoms with van der Waals surface area (Å²) in [6.07, 6.45) is 0. The quantitative estimate of drug-likeness (QED) is 0.673. The van der Waals surface area contributed by atoms with Gasteiger partial charge in [0.1, 0.15) is 17.2 Å². The molecule has 156 valence electrons. The number of nitrogens with one attached hydrogen (secondary N) is 1. The summed E-state index contributed by atoms with van der Waals surface area (Å²) in [7, 11) is 3.20. The van der Waals surface area contributed by atoms with Crippen LogP contribution < -0.4 is 14.4 Å². The number of benzene rings is 2. The predicted octanol–water partition coefficient (Wildman–Crippen LogP) is 3.71. The molecule has 1 fully saturated rings. The summed E-state index contributed by atoms with van der Waals surface area (Å²) in [5.41, 5.74) is 2.89. The van der Waals surface area contributed by atoms with Gasteiger partial charge in [0.2, 0.25) is 0 Å². The largest absolute Gasteiger partial charge is 0.497 e. The van der Waals surface area contributed by atoms with Crippen LogP contribution in [-0.4, -0.2) is 61.4 Å². The van der Waals surface area contributed by atoms with Crippen molar-refractivity contribution in [1.29, 1.82) is 0 Å². The number of hydrogen-bond donors (Lipinski definition) is 1. The average molecular weight is 427 g/mol. The number of H-pyrrole nitrogens is 1. The van der Waals surface area contributed by atoms with Crippen LogP contribution in [0.5, 0.6) is 11.5 Å². The van der Waals surface area contributed by atoms with Gasteiger partial charge in [-0.05, 0) is 30.3 Å². The number of methoxy groups -OCH3 is 2. The number of ether oxygens (including phenoxy) is 2. The molecule has 4 rings (SSSR count). The SMILES string of the molecule is COc1ccc(-c2cc(C(=O)N3CCN(c4ccccc4Cl)CC3)[nH]n2)c(OC)c1. The van der Waals surface area contributed by atoms with Crippen LogP contribution in [0.15, 0.2) is 48.5 Å². The molecule has 0 spiro atoms. The lowest BCUT2D eigenvalue weighted by Crippen LogP contribution is -2.49. The molecule has 3 aromatic rings. The first-order valence-electron chi connectivity index (χ1n) is 9.67. The highest BCUT2D eigenvalue weighted by Crippen LogP contribution is 2.32. The van der Waals surface area contributed by atoms with E-state index in [9.17, 15) is 4.79 Å². The zero-order valence-corrected chi connectivity index (χ0v) is 17.6. The monoisotopic (exact) mass is 426 g/mol. The summed E-state index contributed by atoms with van der Waals surface area (Å²) in [5.74, 6) is 1.26. The number of anilines is 1. The van der Waals surface area contributed by atoms with E-state index in [-0.39, 0.29) is 5.91 Å². The lowest BCUT2D eigenvalue weighted by Gasteiger charge is -2.36. The molecule has 0 aliphatic carbocycles. The van der Waals surface area contributed by atoms with E-state index in [0.717, 1.165) is 29.4 Å². The Labute approximate surface area is 180 Å². The Morgan fingerprint density at radius 1 is 1.03 bits per heavy atom. The van der Waals surface area contributed by atoms with Crippen molar-refractivity contribution in [3.8, 4) is 22.8 Å². The third-order valence-electron chi connectivity index (χ3n) is 5.25. The molecule has 1 saturated heterocycles. The van der Waals surface area contributed by atoms with Crippen LogP contribution in [0, 0.1) is 0 Å². The standard InChI is InChI=1S/C22H23ClN4O3/c1-29-15-7-8-16(21(13-15)30-2)18-14-19(25-24-18)22(28)27-11-9-26(10-12-27)20-6-4-3-5-17(20)23/h3-8,13-14H,9-12H2,1-2H3,(H,24,25). The van der Waals surface area contributed by atoms with Crippen molar-refractivity contribution >= 4 is 23.2 Å². The molecule has 1 N–H and O–H groups in total. The van der Waals surface area contributed by atoms with E-state index < -0.39 is 0 Å². The Hall–Kier alpha value is -3.19. The molecule has 1 aliphatic rings. The number of carbonyl (C=O) groups is 1. The molecular weight excluding hydrogens is 404 g/mol. The summed E-state index contributed by atoms with van der Waals surface area (Å²) in [6, 6.07) is 15.0. The second kappa shape index (κ2) is 8.67. The Morgan fingerprint density at radius 3 is 2.50 bits per heavy atom. The van der Waals surface area contributed by atoms with Gasteiger partial charge >= 0.3 is 0 Å². The molecule has 1 aromatic heterocycles. The molecule has 0 unspecified atom stereocenters. The molecule has 0 atom stereocenters. The molecule has 0 bridgehead atoms. The van der Waals surface area contributed by atoms with Gasteiger partial charge < -0.3 is 19.3 Å². The van der Waals surface area contributed by atoms with Crippen LogP contribution in [0.1, 0.15) is 10.5 Å². The molecular formula is C22H23ClN4O3. The number of rotatable bonds is 5. The molecule has 30 heavy (non-hydrogen) atoms. The molecule has 8 heteroatoms. The number of carbonyl (C=O) groups excluding carboxylic acids is 1. The normalized spacial score (nSPS) is 14.0. The first-order chi connectivity index (χ1) is 14.6. The van der Waals surface area contributed by atoms with Gasteiger partial charge in [0, 0.05) is 37.8 Å². The second-order valence-corrected chi connectivity index (χ2v) is 7.37. The number of para-hydroxylation sites is 1. The van der Waals surface area contributed by atoms with Gasteiger partial charge in [0.15, 0.2) is 0 Å². The van der Waals surface area contributed by atoms with Crippen LogP contribution in [0.2, 0.25) is 5.02 Å². The van der Waals surface area contributed by atoms with Gasteiger partial charge in [-0.3, -0.25) is 9.89 Å². The molecule has 0 radical (unpaired) electrons. The van der Waals surface area contributed by atoms with Gasteiger partial charge in [-0.1, -0.05) is 23.7 Å². The maximum absolute atomic E-state index is 13.0. The zero-order valence-electron chi connectivity index (χ0n) is 16.9. The van der Waals surface area contributed by atoms with Crippen molar-refractivity contribution in [1.82, 2.24) is 15.1 Å². The van der Waals surface area contributed by atoms with Crippen molar-refractivity contribution in [3.05, 3.63) is 59.2 Å². The number of piperazine rings is 1. The fourth-order valence-corrected chi connectivity index (χ4v) is 3.86. The fourth-order valence-electron chi connectivity index (χ4n) is 3.61.